The van der Waals surface area contributed by atoms with Crippen LogP contribution in [0, 0.1) is 0 Å². The first kappa shape index (κ1) is 27.8. The van der Waals surface area contributed by atoms with Crippen molar-refractivity contribution in [3.63, 3.8) is 0 Å². The maximum absolute atomic E-state index is 12.9. The number of ether oxygens (including phenoxy) is 1. The number of carbonyl (C=O) groups excluding carboxylic acids is 1. The summed E-state index contributed by atoms with van der Waals surface area (Å²) in [7, 11) is -5.63. The van der Waals surface area contributed by atoms with Gasteiger partial charge in [-0.2, -0.15) is 8.61 Å². The van der Waals surface area contributed by atoms with Gasteiger partial charge in [0.1, 0.15) is 5.75 Å². The zero-order valence-corrected chi connectivity index (χ0v) is 22.7. The highest BCUT2D eigenvalue weighted by Gasteiger charge is 2.27. The third-order valence-corrected chi connectivity index (χ3v) is 10.00. The summed E-state index contributed by atoms with van der Waals surface area (Å²) in [5, 5.41) is 2.73. The molecule has 4 rings (SSSR count). The molecule has 0 aromatic heterocycles. The number of nitrogens with zero attached hydrogens (tertiary/aromatic N) is 2. The zero-order valence-electron chi connectivity index (χ0n) is 21.1. The van der Waals surface area contributed by atoms with Gasteiger partial charge in [0.2, 0.25) is 20.0 Å². The molecule has 3 aromatic carbocycles. The van der Waals surface area contributed by atoms with E-state index in [0.29, 0.717) is 18.8 Å². The molecule has 9 nitrogen and oxygen atoms in total. The quantitative estimate of drug-likeness (QED) is 0.388. The maximum Gasteiger partial charge on any atom is 0.258 e. The Balaban J connectivity index is 1.25. The lowest BCUT2D eigenvalue weighted by molar-refractivity contribution is -0.123. The van der Waals surface area contributed by atoms with Crippen molar-refractivity contribution in [2.75, 3.05) is 26.7 Å². The molecule has 202 valence electrons. The molecule has 11 heteroatoms. The van der Waals surface area contributed by atoms with Crippen LogP contribution < -0.4 is 10.1 Å². The summed E-state index contributed by atoms with van der Waals surface area (Å²) in [6.07, 6.45) is 1.75. The van der Waals surface area contributed by atoms with Crippen molar-refractivity contribution in [1.29, 1.82) is 0 Å². The lowest BCUT2D eigenvalue weighted by Crippen LogP contribution is -2.29. The molecule has 0 aliphatic carbocycles. The summed E-state index contributed by atoms with van der Waals surface area (Å²) in [4.78, 5) is 12.6. The Hall–Kier alpha value is -3.25. The van der Waals surface area contributed by atoms with Crippen LogP contribution in [0.5, 0.6) is 5.75 Å². The molecule has 3 aromatic rings. The lowest BCUT2D eigenvalue weighted by Gasteiger charge is -2.17. The van der Waals surface area contributed by atoms with Gasteiger partial charge in [-0.3, -0.25) is 4.79 Å². The van der Waals surface area contributed by atoms with Gasteiger partial charge in [0.25, 0.3) is 5.91 Å². The van der Waals surface area contributed by atoms with E-state index in [1.165, 1.54) is 39.9 Å². The Morgan fingerprint density at radius 2 is 1.45 bits per heavy atom. The van der Waals surface area contributed by atoms with Gasteiger partial charge in [-0.15, -0.1) is 0 Å². The van der Waals surface area contributed by atoms with Crippen molar-refractivity contribution in [3.05, 3.63) is 90.0 Å². The van der Waals surface area contributed by atoms with E-state index in [1.54, 1.807) is 24.3 Å². The van der Waals surface area contributed by atoms with E-state index >= 15 is 0 Å². The number of nitrogens with one attached hydrogen (secondary N) is 1. The highest BCUT2D eigenvalue weighted by Crippen LogP contribution is 2.22. The summed E-state index contributed by atoms with van der Waals surface area (Å²) in [6.45, 7) is 1.31. The molecule has 0 spiro atoms. The van der Waals surface area contributed by atoms with Gasteiger partial charge < -0.3 is 10.1 Å². The molecule has 1 aliphatic heterocycles. The first-order valence-corrected chi connectivity index (χ1v) is 15.1. The van der Waals surface area contributed by atoms with Gasteiger partial charge in [-0.1, -0.05) is 42.5 Å². The average molecular weight is 558 g/mol. The summed E-state index contributed by atoms with van der Waals surface area (Å²) >= 11 is 0. The van der Waals surface area contributed by atoms with Crippen LogP contribution in [0.15, 0.2) is 88.7 Å². The summed E-state index contributed by atoms with van der Waals surface area (Å²) in [5.74, 6) is -0.000609. The zero-order chi connectivity index (χ0) is 27.2. The van der Waals surface area contributed by atoms with Gasteiger partial charge in [0.15, 0.2) is 6.61 Å². The number of hydrogen-bond donors (Lipinski definition) is 1. The molecule has 0 bridgehead atoms. The van der Waals surface area contributed by atoms with Crippen LogP contribution in [0.1, 0.15) is 24.0 Å². The Bertz CT molecular complexity index is 1440. The second-order valence-electron chi connectivity index (χ2n) is 9.04. The Kier molecular flexibility index (Phi) is 8.83. The molecule has 0 atom stereocenters. The van der Waals surface area contributed by atoms with E-state index in [-0.39, 0.29) is 35.4 Å². The summed E-state index contributed by atoms with van der Waals surface area (Å²) in [5.41, 5.74) is 1.64. The number of carbonyl (C=O) groups is 1. The van der Waals surface area contributed by atoms with Crippen LogP contribution in [-0.4, -0.2) is 58.1 Å². The minimum Gasteiger partial charge on any atom is -0.484 e. The monoisotopic (exact) mass is 557 g/mol. The first-order chi connectivity index (χ1) is 18.2. The van der Waals surface area contributed by atoms with Crippen molar-refractivity contribution >= 4 is 26.0 Å². The van der Waals surface area contributed by atoms with E-state index in [1.807, 2.05) is 30.3 Å². The van der Waals surface area contributed by atoms with Crippen molar-refractivity contribution in [3.8, 4) is 5.75 Å². The molecular formula is C27H31N3O6S2. The predicted molar refractivity (Wildman–Crippen MR) is 143 cm³/mol. The largest absolute Gasteiger partial charge is 0.484 e. The maximum atomic E-state index is 12.9. The molecule has 1 amide bonds. The Labute approximate surface area is 224 Å². The van der Waals surface area contributed by atoms with Crippen LogP contribution in [0.2, 0.25) is 0 Å². The highest BCUT2D eigenvalue weighted by molar-refractivity contribution is 7.89. The van der Waals surface area contributed by atoms with Crippen molar-refractivity contribution in [2.24, 2.45) is 0 Å². The predicted octanol–water partition coefficient (Wildman–Crippen LogP) is 2.99. The van der Waals surface area contributed by atoms with Crippen molar-refractivity contribution in [2.45, 2.75) is 35.7 Å². The number of rotatable bonds is 11. The van der Waals surface area contributed by atoms with E-state index in [0.717, 1.165) is 24.0 Å². The van der Waals surface area contributed by atoms with E-state index < -0.39 is 20.0 Å². The van der Waals surface area contributed by atoms with Gasteiger partial charge >= 0.3 is 0 Å². The molecular weight excluding hydrogens is 526 g/mol. The molecule has 1 aliphatic rings. The van der Waals surface area contributed by atoms with Gasteiger partial charge in [0, 0.05) is 33.2 Å². The number of benzene rings is 3. The van der Waals surface area contributed by atoms with E-state index in [2.05, 4.69) is 5.32 Å². The summed E-state index contributed by atoms with van der Waals surface area (Å²) in [6, 6.07) is 21.7. The first-order valence-electron chi connectivity index (χ1n) is 12.3. The fourth-order valence-electron chi connectivity index (χ4n) is 4.07. The molecule has 1 fully saturated rings. The lowest BCUT2D eigenvalue weighted by atomic mass is 10.2. The molecule has 0 saturated carbocycles. The number of hydrogen-bond acceptors (Lipinski definition) is 6. The van der Waals surface area contributed by atoms with Crippen molar-refractivity contribution in [1.82, 2.24) is 13.9 Å². The molecule has 0 unspecified atom stereocenters. The van der Waals surface area contributed by atoms with Crippen LogP contribution >= 0.6 is 0 Å². The van der Waals surface area contributed by atoms with Gasteiger partial charge in [-0.05, 0) is 60.4 Å². The SMILES string of the molecule is CN(Cc1ccccc1)S(=O)(=O)c1ccc(OCC(=O)NCc2ccc(S(=O)(=O)N3CCCC3)cc2)cc1. The highest BCUT2D eigenvalue weighted by atomic mass is 32.2. The average Bonchev–Trinajstić information content (AvgIpc) is 3.48. The van der Waals surface area contributed by atoms with Gasteiger partial charge in [-0.25, -0.2) is 16.8 Å². The topological polar surface area (TPSA) is 113 Å². The fraction of sp³-hybridized carbons (Fsp3) is 0.296. The fourth-order valence-corrected chi connectivity index (χ4v) is 6.75. The van der Waals surface area contributed by atoms with Crippen LogP contribution in [0.3, 0.4) is 0 Å². The standard InChI is InChI=1S/C27H31N3O6S2/c1-29(20-23-7-3-2-4-8-23)37(32,33)25-15-11-24(12-16-25)36-21-27(31)28-19-22-9-13-26(14-10-22)38(34,35)30-17-5-6-18-30/h2-4,7-16H,5-6,17-21H2,1H3,(H,28,31). The number of sulfonamides is 2. The Morgan fingerprint density at radius 3 is 2.08 bits per heavy atom. The van der Waals surface area contributed by atoms with E-state index in [9.17, 15) is 21.6 Å². The molecule has 1 saturated heterocycles. The third-order valence-electron chi connectivity index (χ3n) is 6.27. The van der Waals surface area contributed by atoms with Crippen LogP contribution in [-0.2, 0) is 37.9 Å². The molecule has 1 N–H and O–H groups in total. The smallest absolute Gasteiger partial charge is 0.258 e. The molecule has 1 heterocycles. The second kappa shape index (κ2) is 12.1. The van der Waals surface area contributed by atoms with E-state index in [4.69, 9.17) is 4.74 Å². The third kappa shape index (κ3) is 6.79. The normalized spacial score (nSPS) is 14.5. The second-order valence-corrected chi connectivity index (χ2v) is 13.0. The van der Waals surface area contributed by atoms with Gasteiger partial charge in [0.05, 0.1) is 9.79 Å². The van der Waals surface area contributed by atoms with Crippen LogP contribution in [0.4, 0.5) is 0 Å². The minimum atomic E-state index is -3.68. The molecule has 38 heavy (non-hydrogen) atoms. The van der Waals surface area contributed by atoms with Crippen molar-refractivity contribution < 1.29 is 26.4 Å². The van der Waals surface area contributed by atoms with Crippen LogP contribution in [0.25, 0.3) is 0 Å². The Morgan fingerprint density at radius 1 is 0.842 bits per heavy atom. The summed E-state index contributed by atoms with van der Waals surface area (Å²) < 4.78 is 59.2. The minimum absolute atomic E-state index is 0.128. The molecule has 0 radical (unpaired) electrons. The number of amides is 1.